The Morgan fingerprint density at radius 2 is 2.03 bits per heavy atom. The minimum atomic E-state index is -0.287. The van der Waals surface area contributed by atoms with Gasteiger partial charge in [0.15, 0.2) is 5.69 Å². The molecule has 154 valence electrons. The van der Waals surface area contributed by atoms with Gasteiger partial charge in [0.25, 0.3) is 5.91 Å². The summed E-state index contributed by atoms with van der Waals surface area (Å²) < 4.78 is 15.6. The summed E-state index contributed by atoms with van der Waals surface area (Å²) in [6, 6.07) is 6.64. The molecule has 3 unspecified atom stereocenters. The minimum Gasteiger partial charge on any atom is -0.347 e. The van der Waals surface area contributed by atoms with Crippen molar-refractivity contribution in [3.05, 3.63) is 47.0 Å². The molecule has 5 heteroatoms. The van der Waals surface area contributed by atoms with Gasteiger partial charge in [-0.1, -0.05) is 26.8 Å². The first kappa shape index (κ1) is 18.8. The molecule has 0 spiro atoms. The second-order valence-corrected chi connectivity index (χ2v) is 10.2. The first-order valence-corrected chi connectivity index (χ1v) is 11.0. The third-order valence-corrected chi connectivity index (χ3v) is 7.99. The van der Waals surface area contributed by atoms with Crippen LogP contribution in [0.2, 0.25) is 0 Å². The Balaban J connectivity index is 1.51. The molecular formula is C24H30FN3O. The van der Waals surface area contributed by atoms with E-state index in [2.05, 4.69) is 26.1 Å². The predicted molar refractivity (Wildman–Crippen MR) is 111 cm³/mol. The molecule has 2 bridgehead atoms. The molecule has 1 aromatic carbocycles. The average Bonchev–Trinajstić information content (AvgIpc) is 3.32. The van der Waals surface area contributed by atoms with Crippen LogP contribution in [0.25, 0.3) is 5.69 Å². The van der Waals surface area contributed by atoms with Gasteiger partial charge in [0, 0.05) is 17.3 Å². The minimum absolute atomic E-state index is 0.0647. The van der Waals surface area contributed by atoms with E-state index in [9.17, 15) is 9.18 Å². The maximum atomic E-state index is 13.8. The smallest absolute Gasteiger partial charge is 0.272 e. The van der Waals surface area contributed by atoms with Gasteiger partial charge in [-0.3, -0.25) is 4.79 Å². The summed E-state index contributed by atoms with van der Waals surface area (Å²) in [7, 11) is 0. The topological polar surface area (TPSA) is 46.9 Å². The van der Waals surface area contributed by atoms with Gasteiger partial charge in [0.1, 0.15) is 5.82 Å². The van der Waals surface area contributed by atoms with E-state index in [1.54, 1.807) is 10.7 Å². The summed E-state index contributed by atoms with van der Waals surface area (Å²) in [5.41, 5.74) is 3.61. The van der Waals surface area contributed by atoms with Crippen molar-refractivity contribution in [2.45, 2.75) is 71.8 Å². The molecule has 1 heterocycles. The third kappa shape index (κ3) is 2.84. The number of carbonyl (C=O) groups is 1. The van der Waals surface area contributed by atoms with E-state index in [1.165, 1.54) is 31.4 Å². The van der Waals surface area contributed by atoms with Crippen LogP contribution in [0.5, 0.6) is 0 Å². The predicted octanol–water partition coefficient (Wildman–Crippen LogP) is 4.83. The van der Waals surface area contributed by atoms with Crippen molar-refractivity contribution in [1.29, 1.82) is 0 Å². The van der Waals surface area contributed by atoms with E-state index < -0.39 is 0 Å². The third-order valence-electron chi connectivity index (χ3n) is 7.99. The molecule has 0 radical (unpaired) electrons. The van der Waals surface area contributed by atoms with Gasteiger partial charge in [0.2, 0.25) is 0 Å². The number of nitrogens with zero attached hydrogens (tertiary/aromatic N) is 2. The number of benzene rings is 1. The highest BCUT2D eigenvalue weighted by atomic mass is 19.1. The molecule has 1 aromatic heterocycles. The number of hydrogen-bond donors (Lipinski definition) is 1. The molecule has 29 heavy (non-hydrogen) atoms. The molecule has 1 N–H and O–H groups in total. The number of carbonyl (C=O) groups excluding carboxylic acids is 1. The van der Waals surface area contributed by atoms with Crippen LogP contribution in [0.1, 0.15) is 74.6 Å². The Morgan fingerprint density at radius 3 is 2.76 bits per heavy atom. The number of amides is 1. The summed E-state index contributed by atoms with van der Waals surface area (Å²) >= 11 is 0. The van der Waals surface area contributed by atoms with Gasteiger partial charge in [-0.15, -0.1) is 0 Å². The molecule has 1 amide bonds. The Hall–Kier alpha value is -2.17. The van der Waals surface area contributed by atoms with Crippen molar-refractivity contribution in [2.75, 3.05) is 0 Å². The monoisotopic (exact) mass is 395 g/mol. The van der Waals surface area contributed by atoms with E-state index >= 15 is 0 Å². The van der Waals surface area contributed by atoms with Crippen molar-refractivity contribution in [3.63, 3.8) is 0 Å². The molecule has 0 aliphatic heterocycles. The van der Waals surface area contributed by atoms with Gasteiger partial charge in [-0.05, 0) is 79.9 Å². The van der Waals surface area contributed by atoms with Crippen LogP contribution in [0.3, 0.4) is 0 Å². The second-order valence-electron chi connectivity index (χ2n) is 10.2. The van der Waals surface area contributed by atoms with E-state index in [-0.39, 0.29) is 28.6 Å². The van der Waals surface area contributed by atoms with E-state index in [4.69, 9.17) is 5.10 Å². The van der Waals surface area contributed by atoms with Gasteiger partial charge in [-0.25, -0.2) is 9.07 Å². The van der Waals surface area contributed by atoms with Crippen LogP contribution < -0.4 is 5.32 Å². The number of aromatic nitrogens is 2. The molecular weight excluding hydrogens is 365 g/mol. The Labute approximate surface area is 171 Å². The number of fused-ring (bicyclic) bond motifs is 3. The molecule has 5 rings (SSSR count). The summed E-state index contributed by atoms with van der Waals surface area (Å²) in [4.78, 5) is 13.4. The lowest BCUT2D eigenvalue weighted by Gasteiger charge is -2.43. The quantitative estimate of drug-likeness (QED) is 0.809. The molecule has 3 aliphatic carbocycles. The van der Waals surface area contributed by atoms with Gasteiger partial charge < -0.3 is 5.32 Å². The number of rotatable bonds is 3. The van der Waals surface area contributed by atoms with E-state index in [0.29, 0.717) is 17.3 Å². The van der Waals surface area contributed by atoms with Crippen LogP contribution in [-0.2, 0) is 12.8 Å². The standard InChI is InChI=1S/C24H30FN3O/c1-23(2)15-11-12-24(3,14-15)22(23)26-21(29)20-18-9-4-5-10-19(18)28(27-20)17-8-6-7-16(25)13-17/h6-8,13,15,22H,4-5,9-12,14H2,1-3H3,(H,26,29). The zero-order chi connectivity index (χ0) is 20.4. The van der Waals surface area contributed by atoms with Crippen LogP contribution in [0.15, 0.2) is 24.3 Å². The van der Waals surface area contributed by atoms with Crippen LogP contribution in [-0.4, -0.2) is 21.7 Å². The van der Waals surface area contributed by atoms with Crippen molar-refractivity contribution in [2.24, 2.45) is 16.7 Å². The van der Waals surface area contributed by atoms with Crippen molar-refractivity contribution < 1.29 is 9.18 Å². The maximum absolute atomic E-state index is 13.8. The summed E-state index contributed by atoms with van der Waals surface area (Å²) in [5, 5.41) is 8.11. The first-order chi connectivity index (χ1) is 13.8. The van der Waals surface area contributed by atoms with Gasteiger partial charge >= 0.3 is 0 Å². The molecule has 2 aromatic rings. The zero-order valence-corrected chi connectivity index (χ0v) is 17.6. The molecule has 3 aliphatic rings. The fraction of sp³-hybridized carbons (Fsp3) is 0.583. The van der Waals surface area contributed by atoms with E-state index in [0.717, 1.165) is 36.9 Å². The Morgan fingerprint density at radius 1 is 1.24 bits per heavy atom. The molecule has 4 nitrogen and oxygen atoms in total. The number of hydrogen-bond acceptors (Lipinski definition) is 2. The van der Waals surface area contributed by atoms with Crippen LogP contribution in [0.4, 0.5) is 4.39 Å². The summed E-state index contributed by atoms with van der Waals surface area (Å²) in [5.74, 6) is 0.326. The fourth-order valence-electron chi connectivity index (χ4n) is 6.46. The molecule has 2 saturated carbocycles. The summed E-state index contributed by atoms with van der Waals surface area (Å²) in [6.45, 7) is 6.93. The van der Waals surface area contributed by atoms with Gasteiger partial charge in [-0.2, -0.15) is 5.10 Å². The normalized spacial score (nSPS) is 29.7. The average molecular weight is 396 g/mol. The van der Waals surface area contributed by atoms with Gasteiger partial charge in [0.05, 0.1) is 5.69 Å². The van der Waals surface area contributed by atoms with Crippen molar-refractivity contribution >= 4 is 5.91 Å². The number of nitrogens with one attached hydrogen (secondary N) is 1. The first-order valence-electron chi connectivity index (χ1n) is 11.0. The van der Waals surface area contributed by atoms with Crippen molar-refractivity contribution in [1.82, 2.24) is 15.1 Å². The lowest BCUT2D eigenvalue weighted by Crippen LogP contribution is -2.52. The highest BCUT2D eigenvalue weighted by Crippen LogP contribution is 2.62. The van der Waals surface area contributed by atoms with Crippen LogP contribution in [0, 0.1) is 22.6 Å². The zero-order valence-electron chi connectivity index (χ0n) is 17.6. The fourth-order valence-corrected chi connectivity index (χ4v) is 6.46. The Kier molecular flexibility index (Phi) is 4.17. The van der Waals surface area contributed by atoms with E-state index in [1.807, 2.05) is 6.07 Å². The lowest BCUT2D eigenvalue weighted by atomic mass is 9.68. The highest BCUT2D eigenvalue weighted by Gasteiger charge is 2.59. The number of halogens is 1. The maximum Gasteiger partial charge on any atom is 0.272 e. The molecule has 2 fully saturated rings. The second kappa shape index (κ2) is 6.41. The molecule has 3 atom stereocenters. The summed E-state index contributed by atoms with van der Waals surface area (Å²) in [6.07, 6.45) is 7.52. The lowest BCUT2D eigenvalue weighted by molar-refractivity contribution is 0.0732. The highest BCUT2D eigenvalue weighted by molar-refractivity contribution is 5.94. The van der Waals surface area contributed by atoms with Crippen LogP contribution >= 0.6 is 0 Å². The van der Waals surface area contributed by atoms with Crippen molar-refractivity contribution in [3.8, 4) is 5.69 Å². The molecule has 0 saturated heterocycles. The Bertz CT molecular complexity index is 974. The SMILES string of the molecule is CC12CCC(C1)C(C)(C)C2NC(=O)c1nn(-c2cccc(F)c2)c2c1CCCC2. The largest absolute Gasteiger partial charge is 0.347 e.